The van der Waals surface area contributed by atoms with Crippen molar-refractivity contribution < 1.29 is 4.74 Å². The first kappa shape index (κ1) is 13.8. The highest BCUT2D eigenvalue weighted by atomic mass is 35.5. The minimum atomic E-state index is 0.182. The summed E-state index contributed by atoms with van der Waals surface area (Å²) in [5.74, 6) is 0.855. The first-order valence-corrected chi connectivity index (χ1v) is 6.52. The van der Waals surface area contributed by atoms with Crippen LogP contribution >= 0.6 is 11.6 Å². The topological polar surface area (TPSA) is 34.1 Å². The second kappa shape index (κ2) is 6.55. The Bertz CT molecular complexity index is 531. The van der Waals surface area contributed by atoms with Crippen molar-refractivity contribution in [1.29, 1.82) is 0 Å². The molecule has 0 aliphatic rings. The van der Waals surface area contributed by atoms with Crippen molar-refractivity contribution in [2.75, 3.05) is 14.2 Å². The maximum Gasteiger partial charge on any atom is 0.122 e. The van der Waals surface area contributed by atoms with Gasteiger partial charge in [-0.2, -0.15) is 0 Å². The van der Waals surface area contributed by atoms with Gasteiger partial charge >= 0.3 is 0 Å². The van der Waals surface area contributed by atoms with Gasteiger partial charge in [0.1, 0.15) is 5.75 Å². The van der Waals surface area contributed by atoms with Gasteiger partial charge in [0.05, 0.1) is 7.11 Å². The Hall–Kier alpha value is -1.58. The highest BCUT2D eigenvalue weighted by molar-refractivity contribution is 6.30. The molecule has 1 unspecified atom stereocenters. The highest BCUT2D eigenvalue weighted by Gasteiger charge is 2.13. The maximum absolute atomic E-state index is 6.06. The Morgan fingerprint density at radius 3 is 2.84 bits per heavy atom. The quantitative estimate of drug-likeness (QED) is 0.910. The van der Waals surface area contributed by atoms with Crippen LogP contribution < -0.4 is 10.1 Å². The summed E-state index contributed by atoms with van der Waals surface area (Å²) in [7, 11) is 3.61. The van der Waals surface area contributed by atoms with Gasteiger partial charge in [-0.05, 0) is 48.9 Å². The lowest BCUT2D eigenvalue weighted by molar-refractivity contribution is 0.406. The summed E-state index contributed by atoms with van der Waals surface area (Å²) in [5.41, 5.74) is 2.23. The third-order valence-electron chi connectivity index (χ3n) is 3.10. The molecule has 19 heavy (non-hydrogen) atoms. The number of nitrogens with one attached hydrogen (secondary N) is 1. The van der Waals surface area contributed by atoms with Gasteiger partial charge in [-0.1, -0.05) is 17.7 Å². The van der Waals surface area contributed by atoms with Gasteiger partial charge in [-0.25, -0.2) is 0 Å². The fraction of sp³-hybridized carbons (Fsp3) is 0.267. The van der Waals surface area contributed by atoms with E-state index in [1.165, 1.54) is 0 Å². The van der Waals surface area contributed by atoms with Gasteiger partial charge in [0.15, 0.2) is 0 Å². The predicted molar refractivity (Wildman–Crippen MR) is 77.7 cm³/mol. The van der Waals surface area contributed by atoms with Gasteiger partial charge in [-0.15, -0.1) is 0 Å². The van der Waals surface area contributed by atoms with Crippen molar-refractivity contribution >= 4 is 11.6 Å². The number of aromatic nitrogens is 1. The fourth-order valence-electron chi connectivity index (χ4n) is 2.10. The number of nitrogens with zero attached hydrogens (tertiary/aromatic N) is 1. The van der Waals surface area contributed by atoms with Gasteiger partial charge < -0.3 is 10.1 Å². The number of hydrogen-bond acceptors (Lipinski definition) is 3. The number of halogens is 1. The molecule has 100 valence electrons. The van der Waals surface area contributed by atoms with Crippen LogP contribution in [0.2, 0.25) is 5.02 Å². The summed E-state index contributed by atoms with van der Waals surface area (Å²) < 4.78 is 5.38. The molecule has 4 heteroatoms. The summed E-state index contributed by atoms with van der Waals surface area (Å²) in [6.45, 7) is 0. The number of hydrogen-bond donors (Lipinski definition) is 1. The zero-order valence-electron chi connectivity index (χ0n) is 11.1. The summed E-state index contributed by atoms with van der Waals surface area (Å²) in [4.78, 5) is 4.16. The lowest BCUT2D eigenvalue weighted by atomic mass is 9.99. The van der Waals surface area contributed by atoms with Crippen molar-refractivity contribution in [2.45, 2.75) is 12.5 Å². The second-order valence-corrected chi connectivity index (χ2v) is 4.72. The first-order chi connectivity index (χ1) is 9.24. The minimum Gasteiger partial charge on any atom is -0.496 e. The van der Waals surface area contributed by atoms with Crippen LogP contribution in [0.4, 0.5) is 0 Å². The van der Waals surface area contributed by atoms with Crippen molar-refractivity contribution in [3.05, 3.63) is 58.9 Å². The molecule has 1 heterocycles. The Balaban J connectivity index is 2.26. The third kappa shape index (κ3) is 3.46. The molecule has 1 atom stereocenters. The molecule has 1 N–H and O–H groups in total. The van der Waals surface area contributed by atoms with E-state index in [0.29, 0.717) is 0 Å². The van der Waals surface area contributed by atoms with Crippen LogP contribution in [-0.4, -0.2) is 19.1 Å². The molecule has 0 fully saturated rings. The Morgan fingerprint density at radius 2 is 2.21 bits per heavy atom. The number of likely N-dealkylation sites (N-methyl/N-ethyl adjacent to an activating group) is 1. The van der Waals surface area contributed by atoms with Crippen LogP contribution in [0.25, 0.3) is 0 Å². The van der Waals surface area contributed by atoms with E-state index in [-0.39, 0.29) is 6.04 Å². The number of benzene rings is 1. The Kier molecular flexibility index (Phi) is 4.77. The number of ether oxygens (including phenoxy) is 1. The average molecular weight is 277 g/mol. The van der Waals surface area contributed by atoms with Crippen molar-refractivity contribution in [3.63, 3.8) is 0 Å². The molecular weight excluding hydrogens is 260 g/mol. The fourth-order valence-corrected chi connectivity index (χ4v) is 2.29. The molecule has 0 saturated carbocycles. The molecule has 0 radical (unpaired) electrons. The summed E-state index contributed by atoms with van der Waals surface area (Å²) >= 11 is 6.06. The maximum atomic E-state index is 6.06. The molecule has 1 aromatic heterocycles. The number of methoxy groups -OCH3 is 1. The smallest absolute Gasteiger partial charge is 0.122 e. The van der Waals surface area contributed by atoms with Crippen LogP contribution in [0.3, 0.4) is 0 Å². The Morgan fingerprint density at radius 1 is 1.37 bits per heavy atom. The van der Waals surface area contributed by atoms with Gasteiger partial charge in [0.2, 0.25) is 0 Å². The van der Waals surface area contributed by atoms with E-state index in [2.05, 4.69) is 16.4 Å². The molecule has 3 nitrogen and oxygen atoms in total. The highest BCUT2D eigenvalue weighted by Crippen LogP contribution is 2.27. The van der Waals surface area contributed by atoms with Crippen molar-refractivity contribution in [1.82, 2.24) is 10.3 Å². The van der Waals surface area contributed by atoms with Gasteiger partial charge in [0, 0.05) is 23.5 Å². The van der Waals surface area contributed by atoms with E-state index < -0.39 is 0 Å². The minimum absolute atomic E-state index is 0.182. The molecule has 0 bridgehead atoms. The number of rotatable bonds is 5. The van der Waals surface area contributed by atoms with Crippen molar-refractivity contribution in [3.8, 4) is 5.75 Å². The molecule has 1 aromatic carbocycles. The molecule has 2 aromatic rings. The largest absolute Gasteiger partial charge is 0.496 e. The zero-order chi connectivity index (χ0) is 13.7. The van der Waals surface area contributed by atoms with Gasteiger partial charge in [-0.3, -0.25) is 4.98 Å². The Labute approximate surface area is 118 Å². The van der Waals surface area contributed by atoms with E-state index in [1.54, 1.807) is 13.3 Å². The van der Waals surface area contributed by atoms with E-state index in [4.69, 9.17) is 16.3 Å². The van der Waals surface area contributed by atoms with E-state index in [0.717, 1.165) is 28.3 Å². The molecule has 0 aliphatic heterocycles. The average Bonchev–Trinajstić information content (AvgIpc) is 2.46. The van der Waals surface area contributed by atoms with Crippen LogP contribution in [0.15, 0.2) is 42.7 Å². The molecule has 2 rings (SSSR count). The predicted octanol–water partition coefficient (Wildman–Crippen LogP) is 3.25. The molecule has 0 spiro atoms. The van der Waals surface area contributed by atoms with Gasteiger partial charge in [0.25, 0.3) is 0 Å². The lowest BCUT2D eigenvalue weighted by Gasteiger charge is -2.18. The zero-order valence-corrected chi connectivity index (χ0v) is 11.8. The monoisotopic (exact) mass is 276 g/mol. The van der Waals surface area contributed by atoms with Crippen LogP contribution in [0.5, 0.6) is 5.75 Å². The lowest BCUT2D eigenvalue weighted by Crippen LogP contribution is -2.19. The third-order valence-corrected chi connectivity index (χ3v) is 3.34. The normalized spacial score (nSPS) is 12.2. The van der Waals surface area contributed by atoms with E-state index in [9.17, 15) is 0 Å². The van der Waals surface area contributed by atoms with Crippen LogP contribution in [0.1, 0.15) is 17.2 Å². The molecule has 0 saturated heterocycles. The van der Waals surface area contributed by atoms with E-state index >= 15 is 0 Å². The van der Waals surface area contributed by atoms with Crippen LogP contribution in [-0.2, 0) is 6.42 Å². The second-order valence-electron chi connectivity index (χ2n) is 4.29. The SMILES string of the molecule is CNC(Cc1cc(Cl)ccc1OC)c1cccnc1. The standard InChI is InChI=1S/C15H17ClN2O/c1-17-14(11-4-3-7-18-10-11)9-12-8-13(16)5-6-15(12)19-2/h3-8,10,14,17H,9H2,1-2H3. The number of pyridine rings is 1. The van der Waals surface area contributed by atoms with Crippen molar-refractivity contribution in [2.24, 2.45) is 0 Å². The summed E-state index contributed by atoms with van der Waals surface area (Å²) in [5, 5.41) is 4.02. The summed E-state index contributed by atoms with van der Waals surface area (Å²) in [6, 6.07) is 9.86. The molecular formula is C15H17ClN2O. The van der Waals surface area contributed by atoms with E-state index in [1.807, 2.05) is 37.5 Å². The summed E-state index contributed by atoms with van der Waals surface area (Å²) in [6.07, 6.45) is 4.44. The molecule has 0 amide bonds. The molecule has 0 aliphatic carbocycles. The van der Waals surface area contributed by atoms with Crippen LogP contribution in [0, 0.1) is 0 Å². The first-order valence-electron chi connectivity index (χ1n) is 6.14.